The molecule has 0 aromatic heterocycles. The predicted molar refractivity (Wildman–Crippen MR) is 95.3 cm³/mol. The monoisotopic (exact) mass is 311 g/mol. The van der Waals surface area contributed by atoms with E-state index >= 15 is 0 Å². The van der Waals surface area contributed by atoms with Crippen molar-refractivity contribution in [3.05, 3.63) is 47.5 Å². The molecular formula is C21H29NO. The van der Waals surface area contributed by atoms with Gasteiger partial charge in [0.2, 0.25) is 0 Å². The number of hydrogen-bond acceptors (Lipinski definition) is 2. The van der Waals surface area contributed by atoms with Crippen molar-refractivity contribution >= 4 is 0 Å². The lowest BCUT2D eigenvalue weighted by Gasteiger charge is -2.29. The molecule has 0 aliphatic heterocycles. The molecule has 1 atom stereocenters. The van der Waals surface area contributed by atoms with Crippen LogP contribution >= 0.6 is 0 Å². The smallest absolute Gasteiger partial charge is 0.0991 e. The molecule has 0 radical (unpaired) electrons. The van der Waals surface area contributed by atoms with E-state index in [1.165, 1.54) is 44.1 Å². The molecule has 0 bridgehead atoms. The average Bonchev–Trinajstić information content (AvgIpc) is 2.61. The summed E-state index contributed by atoms with van der Waals surface area (Å²) < 4.78 is 5.77. The van der Waals surface area contributed by atoms with Crippen LogP contribution in [0.5, 0.6) is 0 Å². The summed E-state index contributed by atoms with van der Waals surface area (Å²) in [5.41, 5.74) is 2.17. The first-order valence-electron chi connectivity index (χ1n) is 8.95. The number of rotatable bonds is 7. The summed E-state index contributed by atoms with van der Waals surface area (Å²) in [5.74, 6) is 1.54. The highest BCUT2D eigenvalue weighted by Gasteiger charge is 2.22. The van der Waals surface area contributed by atoms with Crippen molar-refractivity contribution in [1.82, 2.24) is 0 Å². The Morgan fingerprint density at radius 3 is 2.52 bits per heavy atom. The maximum Gasteiger partial charge on any atom is 0.0991 e. The molecular weight excluding hydrogens is 282 g/mol. The molecule has 1 aromatic carbocycles. The molecule has 1 aliphatic carbocycles. The first-order chi connectivity index (χ1) is 11.2. The van der Waals surface area contributed by atoms with Crippen LogP contribution in [0.4, 0.5) is 0 Å². The molecule has 0 saturated heterocycles. The lowest BCUT2D eigenvalue weighted by molar-refractivity contribution is 0.0743. The van der Waals surface area contributed by atoms with Gasteiger partial charge < -0.3 is 4.74 Å². The molecule has 1 unspecified atom stereocenters. The SMILES string of the molecule is C/C=C/COC(C)CCC1CCC(c2ccc(C#N)cc2)CC1. The van der Waals surface area contributed by atoms with Gasteiger partial charge in [0.15, 0.2) is 0 Å². The van der Waals surface area contributed by atoms with Crippen LogP contribution in [-0.4, -0.2) is 12.7 Å². The van der Waals surface area contributed by atoms with Crippen molar-refractivity contribution < 1.29 is 4.74 Å². The Morgan fingerprint density at radius 1 is 1.22 bits per heavy atom. The van der Waals surface area contributed by atoms with Crippen LogP contribution in [0.1, 0.15) is 69.4 Å². The van der Waals surface area contributed by atoms with Gasteiger partial charge in [0.1, 0.15) is 0 Å². The fourth-order valence-corrected chi connectivity index (χ4v) is 3.48. The fraction of sp³-hybridized carbons (Fsp3) is 0.571. The van der Waals surface area contributed by atoms with Gasteiger partial charge in [-0.2, -0.15) is 5.26 Å². The first-order valence-corrected chi connectivity index (χ1v) is 8.95. The highest BCUT2D eigenvalue weighted by molar-refractivity contribution is 5.33. The van der Waals surface area contributed by atoms with Crippen LogP contribution in [0.25, 0.3) is 0 Å². The highest BCUT2D eigenvalue weighted by atomic mass is 16.5. The van der Waals surface area contributed by atoms with E-state index in [1.54, 1.807) is 0 Å². The lowest BCUT2D eigenvalue weighted by Crippen LogP contribution is -2.16. The predicted octanol–water partition coefficient (Wildman–Crippen LogP) is 5.59. The number of benzene rings is 1. The molecule has 0 spiro atoms. The van der Waals surface area contributed by atoms with Gasteiger partial charge in [-0.25, -0.2) is 0 Å². The molecule has 1 saturated carbocycles. The van der Waals surface area contributed by atoms with E-state index in [-0.39, 0.29) is 0 Å². The van der Waals surface area contributed by atoms with E-state index in [4.69, 9.17) is 10.00 Å². The summed E-state index contributed by atoms with van der Waals surface area (Å²) in [4.78, 5) is 0. The number of hydrogen-bond donors (Lipinski definition) is 0. The van der Waals surface area contributed by atoms with Crippen molar-refractivity contribution in [2.45, 2.75) is 64.4 Å². The zero-order chi connectivity index (χ0) is 16.5. The van der Waals surface area contributed by atoms with E-state index in [0.29, 0.717) is 12.0 Å². The number of allylic oxidation sites excluding steroid dienone is 1. The Bertz CT molecular complexity index is 518. The molecule has 0 heterocycles. The average molecular weight is 311 g/mol. The molecule has 2 nitrogen and oxygen atoms in total. The molecule has 23 heavy (non-hydrogen) atoms. The van der Waals surface area contributed by atoms with Gasteiger partial charge >= 0.3 is 0 Å². The summed E-state index contributed by atoms with van der Waals surface area (Å²) in [7, 11) is 0. The van der Waals surface area contributed by atoms with Gasteiger partial charge in [0, 0.05) is 0 Å². The normalized spacial score (nSPS) is 22.8. The molecule has 2 rings (SSSR count). The summed E-state index contributed by atoms with van der Waals surface area (Å²) in [6, 6.07) is 10.4. The third-order valence-corrected chi connectivity index (χ3v) is 5.05. The Labute approximate surface area is 141 Å². The van der Waals surface area contributed by atoms with E-state index in [1.807, 2.05) is 25.1 Å². The summed E-state index contributed by atoms with van der Waals surface area (Å²) in [6.45, 7) is 4.95. The minimum atomic E-state index is 0.363. The Kier molecular flexibility index (Phi) is 7.36. The second-order valence-corrected chi connectivity index (χ2v) is 6.74. The van der Waals surface area contributed by atoms with Gasteiger partial charge in [-0.05, 0) is 81.9 Å². The quantitative estimate of drug-likeness (QED) is 0.615. The second-order valence-electron chi connectivity index (χ2n) is 6.74. The molecule has 0 amide bonds. The Balaban J connectivity index is 1.70. The third-order valence-electron chi connectivity index (χ3n) is 5.05. The minimum Gasteiger partial charge on any atom is -0.374 e. The van der Waals surface area contributed by atoms with Crippen molar-refractivity contribution in [1.29, 1.82) is 5.26 Å². The Hall–Kier alpha value is -1.59. The molecule has 1 aromatic rings. The Morgan fingerprint density at radius 2 is 1.91 bits per heavy atom. The summed E-state index contributed by atoms with van der Waals surface area (Å²) in [5, 5.41) is 8.88. The van der Waals surface area contributed by atoms with E-state index in [9.17, 15) is 0 Å². The second kappa shape index (κ2) is 9.53. The zero-order valence-electron chi connectivity index (χ0n) is 14.5. The van der Waals surface area contributed by atoms with E-state index in [2.05, 4.69) is 31.2 Å². The topological polar surface area (TPSA) is 33.0 Å². The van der Waals surface area contributed by atoms with Crippen LogP contribution in [0, 0.1) is 17.2 Å². The minimum absolute atomic E-state index is 0.363. The first kappa shape index (κ1) is 17.8. The van der Waals surface area contributed by atoms with Gasteiger partial charge in [0.05, 0.1) is 24.3 Å². The van der Waals surface area contributed by atoms with Crippen LogP contribution in [0.2, 0.25) is 0 Å². The van der Waals surface area contributed by atoms with Gasteiger partial charge in [-0.3, -0.25) is 0 Å². The lowest BCUT2D eigenvalue weighted by atomic mass is 9.77. The van der Waals surface area contributed by atoms with Crippen molar-refractivity contribution in [2.75, 3.05) is 6.61 Å². The van der Waals surface area contributed by atoms with E-state index in [0.717, 1.165) is 18.1 Å². The number of nitriles is 1. The van der Waals surface area contributed by atoms with E-state index < -0.39 is 0 Å². The van der Waals surface area contributed by atoms with Crippen molar-refractivity contribution in [2.24, 2.45) is 5.92 Å². The molecule has 1 aliphatic rings. The molecule has 1 fully saturated rings. The maximum absolute atomic E-state index is 8.88. The standard InChI is InChI=1S/C21H29NO/c1-3-4-15-23-17(2)5-6-18-7-11-20(12-8-18)21-13-9-19(16-22)10-14-21/h3-4,9-10,13-14,17-18,20H,5-8,11-12,15H2,1-2H3/b4-3+. The number of ether oxygens (including phenoxy) is 1. The van der Waals surface area contributed by atoms with Crippen molar-refractivity contribution in [3.63, 3.8) is 0 Å². The zero-order valence-corrected chi connectivity index (χ0v) is 14.5. The van der Waals surface area contributed by atoms with Gasteiger partial charge in [0.25, 0.3) is 0 Å². The maximum atomic E-state index is 8.88. The summed E-state index contributed by atoms with van der Waals surface area (Å²) in [6.07, 6.45) is 12.1. The number of nitrogens with zero attached hydrogens (tertiary/aromatic N) is 1. The van der Waals surface area contributed by atoms with Crippen LogP contribution in [-0.2, 0) is 4.74 Å². The van der Waals surface area contributed by atoms with Crippen LogP contribution < -0.4 is 0 Å². The van der Waals surface area contributed by atoms with Crippen molar-refractivity contribution in [3.8, 4) is 6.07 Å². The summed E-state index contributed by atoms with van der Waals surface area (Å²) >= 11 is 0. The third kappa shape index (κ3) is 5.84. The van der Waals surface area contributed by atoms with Crippen LogP contribution in [0.15, 0.2) is 36.4 Å². The largest absolute Gasteiger partial charge is 0.374 e. The van der Waals surface area contributed by atoms with Gasteiger partial charge in [-0.1, -0.05) is 24.3 Å². The van der Waals surface area contributed by atoms with Gasteiger partial charge in [-0.15, -0.1) is 0 Å². The molecule has 2 heteroatoms. The fourth-order valence-electron chi connectivity index (χ4n) is 3.48. The molecule has 0 N–H and O–H groups in total. The molecule has 124 valence electrons. The van der Waals surface area contributed by atoms with Crippen LogP contribution in [0.3, 0.4) is 0 Å². The highest BCUT2D eigenvalue weighted by Crippen LogP contribution is 2.37.